The van der Waals surface area contributed by atoms with Crippen LogP contribution in [0, 0.1) is 0 Å². The molecule has 0 bridgehead atoms. The molecule has 3 amide bonds. The molecule has 0 atom stereocenters. The van der Waals surface area contributed by atoms with E-state index in [1.807, 2.05) is 12.1 Å². The Bertz CT molecular complexity index is 1670. The molecule has 1 saturated heterocycles. The number of amides is 3. The number of carbonyl (C=O) groups excluding carboxylic acids is 3. The van der Waals surface area contributed by atoms with Gasteiger partial charge in [-0.15, -0.1) is 11.3 Å². The molecule has 1 fully saturated rings. The Kier molecular flexibility index (Phi) is 7.66. The highest BCUT2D eigenvalue weighted by molar-refractivity contribution is 7.17. The van der Waals surface area contributed by atoms with Crippen LogP contribution in [-0.4, -0.2) is 65.3 Å². The van der Waals surface area contributed by atoms with Crippen LogP contribution in [0.2, 0.25) is 0 Å². The first kappa shape index (κ1) is 26.1. The van der Waals surface area contributed by atoms with E-state index in [1.165, 1.54) is 17.4 Å². The summed E-state index contributed by atoms with van der Waals surface area (Å²) in [5, 5.41) is 8.86. The van der Waals surface area contributed by atoms with E-state index in [1.54, 1.807) is 41.3 Å². The predicted molar refractivity (Wildman–Crippen MR) is 149 cm³/mol. The van der Waals surface area contributed by atoms with Crippen molar-refractivity contribution in [1.29, 1.82) is 0 Å². The van der Waals surface area contributed by atoms with Crippen LogP contribution in [0.15, 0.2) is 64.2 Å². The molecule has 200 valence electrons. The maximum Gasteiger partial charge on any atom is 0.314 e. The van der Waals surface area contributed by atoms with Gasteiger partial charge in [-0.25, -0.2) is 0 Å². The van der Waals surface area contributed by atoms with Gasteiger partial charge in [0, 0.05) is 55.3 Å². The molecule has 0 spiro atoms. The van der Waals surface area contributed by atoms with Crippen molar-refractivity contribution in [3.8, 4) is 10.4 Å². The Morgan fingerprint density at radius 1 is 0.872 bits per heavy atom. The number of rotatable bonds is 7. The topological polar surface area (TPSA) is 156 Å². The summed E-state index contributed by atoms with van der Waals surface area (Å²) >= 11 is 1.32. The van der Waals surface area contributed by atoms with Crippen LogP contribution in [0.1, 0.15) is 26.5 Å². The Morgan fingerprint density at radius 2 is 1.64 bits per heavy atom. The molecular formula is C27H26N6O5S. The third-order valence-corrected chi connectivity index (χ3v) is 7.45. The first-order valence-corrected chi connectivity index (χ1v) is 13.2. The van der Waals surface area contributed by atoms with Gasteiger partial charge in [-0.1, -0.05) is 12.1 Å². The third-order valence-electron chi connectivity index (χ3n) is 6.31. The molecule has 1 aliphatic rings. The molecule has 11 nitrogen and oxygen atoms in total. The molecule has 2 aromatic carbocycles. The number of H-pyrrole nitrogens is 2. The minimum atomic E-state index is -0.791. The van der Waals surface area contributed by atoms with Gasteiger partial charge in [0.2, 0.25) is 5.91 Å². The monoisotopic (exact) mass is 546 g/mol. The van der Waals surface area contributed by atoms with Crippen molar-refractivity contribution in [3.05, 3.63) is 85.7 Å². The number of aromatic nitrogens is 2. The first-order chi connectivity index (χ1) is 18.9. The van der Waals surface area contributed by atoms with Crippen LogP contribution in [0.3, 0.4) is 0 Å². The van der Waals surface area contributed by atoms with Crippen LogP contribution in [0.4, 0.5) is 5.69 Å². The molecule has 5 N–H and O–H groups in total. The number of anilines is 1. The van der Waals surface area contributed by atoms with Crippen molar-refractivity contribution in [2.75, 3.05) is 38.0 Å². The van der Waals surface area contributed by atoms with E-state index in [2.05, 4.69) is 25.9 Å². The fourth-order valence-electron chi connectivity index (χ4n) is 4.27. The van der Waals surface area contributed by atoms with E-state index >= 15 is 0 Å². The number of piperazine rings is 1. The van der Waals surface area contributed by atoms with Gasteiger partial charge in [-0.2, -0.15) is 0 Å². The summed E-state index contributed by atoms with van der Waals surface area (Å²) in [6.07, 6.45) is 0.261. The molecule has 0 saturated carbocycles. The fourth-order valence-corrected chi connectivity index (χ4v) is 5.19. The summed E-state index contributed by atoms with van der Waals surface area (Å²) in [5.41, 5.74) is 0.901. The number of fused-ring (bicyclic) bond motifs is 1. The summed E-state index contributed by atoms with van der Waals surface area (Å²) in [6.45, 7) is 3.22. The second-order valence-corrected chi connectivity index (χ2v) is 10.1. The molecule has 39 heavy (non-hydrogen) atoms. The first-order valence-electron chi connectivity index (χ1n) is 12.4. The van der Waals surface area contributed by atoms with Gasteiger partial charge < -0.3 is 30.8 Å². The minimum absolute atomic E-state index is 0.0365. The number of nitrogens with zero attached hydrogens (tertiary/aromatic N) is 1. The fraction of sp³-hybridized carbons (Fsp3) is 0.222. The number of aromatic amines is 2. The van der Waals surface area contributed by atoms with Gasteiger partial charge in [0.1, 0.15) is 0 Å². The molecule has 0 radical (unpaired) electrons. The molecule has 12 heteroatoms. The van der Waals surface area contributed by atoms with Crippen molar-refractivity contribution in [1.82, 2.24) is 25.5 Å². The van der Waals surface area contributed by atoms with E-state index in [-0.39, 0.29) is 30.7 Å². The normalized spacial score (nSPS) is 13.3. The van der Waals surface area contributed by atoms with Gasteiger partial charge in [-0.3, -0.25) is 24.0 Å². The summed E-state index contributed by atoms with van der Waals surface area (Å²) < 4.78 is 0. The average molecular weight is 547 g/mol. The zero-order valence-corrected chi connectivity index (χ0v) is 21.7. The second kappa shape index (κ2) is 11.5. The van der Waals surface area contributed by atoms with Crippen LogP contribution in [0.25, 0.3) is 21.5 Å². The lowest BCUT2D eigenvalue weighted by molar-refractivity contribution is -0.131. The van der Waals surface area contributed by atoms with Gasteiger partial charge in [-0.05, 0) is 48.0 Å². The van der Waals surface area contributed by atoms with E-state index in [0.717, 1.165) is 23.5 Å². The maximum absolute atomic E-state index is 12.8. The number of benzene rings is 2. The SMILES string of the molecule is O=C(Nc1cccc(-c2ccc(C(=O)NCCC(=O)N3CCNCC3)s2)c1)c1ccc2[nH]c(=O)c(=O)[nH]c2c1. The lowest BCUT2D eigenvalue weighted by Crippen LogP contribution is -2.47. The Labute approximate surface area is 226 Å². The molecule has 0 unspecified atom stereocenters. The van der Waals surface area contributed by atoms with Crippen LogP contribution in [0.5, 0.6) is 0 Å². The summed E-state index contributed by atoms with van der Waals surface area (Å²) in [5.74, 6) is -0.586. The molecule has 0 aliphatic carbocycles. The second-order valence-electron chi connectivity index (χ2n) is 9.00. The average Bonchev–Trinajstić information content (AvgIpc) is 3.45. The van der Waals surface area contributed by atoms with Crippen molar-refractivity contribution < 1.29 is 14.4 Å². The number of thiophene rings is 1. The molecule has 2 aromatic heterocycles. The van der Waals surface area contributed by atoms with E-state index in [4.69, 9.17) is 0 Å². The lowest BCUT2D eigenvalue weighted by atomic mass is 10.1. The zero-order chi connectivity index (χ0) is 27.4. The maximum atomic E-state index is 12.8. The molecule has 4 aromatic rings. The number of carbonyl (C=O) groups is 3. The molecule has 3 heterocycles. The standard InChI is InChI=1S/C27H26N6O5S/c34-23(33-12-10-28-11-13-33)8-9-29-25(36)22-7-6-21(39-22)16-2-1-3-18(14-16)30-24(35)17-4-5-19-20(15-17)32-27(38)26(37)31-19/h1-7,14-15,28H,8-13H2,(H,29,36)(H,30,35)(H,31,37)(H,32,38). The Morgan fingerprint density at radius 3 is 2.44 bits per heavy atom. The van der Waals surface area contributed by atoms with Gasteiger partial charge in [0.25, 0.3) is 11.8 Å². The summed E-state index contributed by atoms with van der Waals surface area (Å²) in [6, 6.07) is 15.4. The van der Waals surface area contributed by atoms with Gasteiger partial charge in [0.15, 0.2) is 0 Å². The minimum Gasteiger partial charge on any atom is -0.351 e. The lowest BCUT2D eigenvalue weighted by Gasteiger charge is -2.27. The molecular weight excluding hydrogens is 520 g/mol. The highest BCUT2D eigenvalue weighted by Crippen LogP contribution is 2.30. The smallest absolute Gasteiger partial charge is 0.314 e. The third kappa shape index (κ3) is 6.13. The quantitative estimate of drug-likeness (QED) is 0.222. The molecule has 5 rings (SSSR count). The van der Waals surface area contributed by atoms with E-state index in [9.17, 15) is 24.0 Å². The number of hydrogen-bond acceptors (Lipinski definition) is 7. The van der Waals surface area contributed by atoms with E-state index < -0.39 is 11.1 Å². The summed E-state index contributed by atoms with van der Waals surface area (Å²) in [4.78, 5) is 69.0. The highest BCUT2D eigenvalue weighted by Gasteiger charge is 2.17. The Hall–Kier alpha value is -4.55. The Balaban J connectivity index is 1.21. The van der Waals surface area contributed by atoms with Crippen molar-refractivity contribution in [2.45, 2.75) is 6.42 Å². The number of nitrogens with one attached hydrogen (secondary N) is 5. The van der Waals surface area contributed by atoms with Gasteiger partial charge in [0.05, 0.1) is 15.9 Å². The predicted octanol–water partition coefficient (Wildman–Crippen LogP) is 1.75. The largest absolute Gasteiger partial charge is 0.351 e. The molecule has 1 aliphatic heterocycles. The highest BCUT2D eigenvalue weighted by atomic mass is 32.1. The van der Waals surface area contributed by atoms with Crippen molar-refractivity contribution in [3.63, 3.8) is 0 Å². The zero-order valence-electron chi connectivity index (χ0n) is 20.8. The number of hydrogen-bond donors (Lipinski definition) is 5. The van der Waals surface area contributed by atoms with Crippen LogP contribution >= 0.6 is 11.3 Å². The summed E-state index contributed by atoms with van der Waals surface area (Å²) in [7, 11) is 0. The van der Waals surface area contributed by atoms with E-state index in [0.29, 0.717) is 40.3 Å². The van der Waals surface area contributed by atoms with Crippen LogP contribution < -0.4 is 27.1 Å². The van der Waals surface area contributed by atoms with Crippen LogP contribution in [-0.2, 0) is 4.79 Å². The van der Waals surface area contributed by atoms with Gasteiger partial charge >= 0.3 is 11.1 Å². The van der Waals surface area contributed by atoms with Crippen molar-refractivity contribution in [2.24, 2.45) is 0 Å². The van der Waals surface area contributed by atoms with Crippen molar-refractivity contribution >= 4 is 45.8 Å².